The highest BCUT2D eigenvalue weighted by Crippen LogP contribution is 2.31. The maximum Gasteiger partial charge on any atom is 0.261 e. The first kappa shape index (κ1) is 17.7. The number of carbonyl (C=O) groups is 2. The number of amides is 2. The van der Waals surface area contributed by atoms with Crippen LogP contribution in [0.4, 0.5) is 10.1 Å². The number of imide groups is 1. The van der Waals surface area contributed by atoms with Gasteiger partial charge in [-0.15, -0.1) is 0 Å². The predicted molar refractivity (Wildman–Crippen MR) is 99.5 cm³/mol. The predicted octanol–water partition coefficient (Wildman–Crippen LogP) is 2.54. The van der Waals surface area contributed by atoms with Gasteiger partial charge in [0.1, 0.15) is 5.82 Å². The maximum atomic E-state index is 14.5. The second-order valence-corrected chi connectivity index (χ2v) is 7.22. The summed E-state index contributed by atoms with van der Waals surface area (Å²) in [5.41, 5.74) is 3.05. The van der Waals surface area contributed by atoms with E-state index in [9.17, 15) is 19.1 Å². The van der Waals surface area contributed by atoms with Crippen molar-refractivity contribution in [2.24, 2.45) is 0 Å². The van der Waals surface area contributed by atoms with Gasteiger partial charge in [-0.05, 0) is 49.1 Å². The van der Waals surface area contributed by atoms with Gasteiger partial charge in [0.15, 0.2) is 0 Å². The number of carbonyl (C=O) groups excluding carboxylic acids is 2. The van der Waals surface area contributed by atoms with Gasteiger partial charge in [0.25, 0.3) is 11.8 Å². The van der Waals surface area contributed by atoms with Gasteiger partial charge >= 0.3 is 0 Å². The minimum absolute atomic E-state index is 0.105. The molecule has 0 saturated heterocycles. The third kappa shape index (κ3) is 3.10. The van der Waals surface area contributed by atoms with Gasteiger partial charge in [-0.3, -0.25) is 14.5 Å². The van der Waals surface area contributed by atoms with Gasteiger partial charge in [-0.1, -0.05) is 18.2 Å². The Morgan fingerprint density at radius 1 is 1.11 bits per heavy atom. The Morgan fingerprint density at radius 2 is 1.78 bits per heavy atom. The van der Waals surface area contributed by atoms with E-state index in [1.165, 1.54) is 6.07 Å². The minimum Gasteiger partial charge on any atom is -0.389 e. The van der Waals surface area contributed by atoms with Gasteiger partial charge in [-0.25, -0.2) is 4.39 Å². The second-order valence-electron chi connectivity index (χ2n) is 7.22. The third-order valence-corrected chi connectivity index (χ3v) is 5.18. The van der Waals surface area contributed by atoms with Crippen molar-refractivity contribution < 1.29 is 19.1 Å². The first-order valence-corrected chi connectivity index (χ1v) is 9.13. The van der Waals surface area contributed by atoms with E-state index < -0.39 is 17.9 Å². The van der Waals surface area contributed by atoms with Crippen LogP contribution in [0.2, 0.25) is 0 Å². The molecule has 2 amide bonds. The Hall–Kier alpha value is -2.73. The Balaban J connectivity index is 1.50. The van der Waals surface area contributed by atoms with Crippen molar-refractivity contribution in [2.75, 3.05) is 24.5 Å². The zero-order chi connectivity index (χ0) is 19.1. The van der Waals surface area contributed by atoms with Crippen LogP contribution in [0.1, 0.15) is 38.3 Å². The summed E-state index contributed by atoms with van der Waals surface area (Å²) in [4.78, 5) is 27.8. The van der Waals surface area contributed by atoms with Crippen molar-refractivity contribution in [3.05, 3.63) is 64.5 Å². The lowest BCUT2D eigenvalue weighted by Gasteiger charge is -2.34. The molecule has 0 spiro atoms. The van der Waals surface area contributed by atoms with Crippen molar-refractivity contribution in [2.45, 2.75) is 25.9 Å². The van der Waals surface area contributed by atoms with Crippen molar-refractivity contribution in [1.29, 1.82) is 0 Å². The number of fused-ring (bicyclic) bond motifs is 2. The molecule has 0 bridgehead atoms. The number of aryl methyl sites for hydroxylation is 2. The molecule has 2 aromatic rings. The summed E-state index contributed by atoms with van der Waals surface area (Å²) < 4.78 is 14.5. The molecule has 6 heteroatoms. The average Bonchev–Trinajstić information content (AvgIpc) is 2.86. The van der Waals surface area contributed by atoms with Crippen LogP contribution in [-0.2, 0) is 6.42 Å². The van der Waals surface area contributed by atoms with Crippen LogP contribution in [0.3, 0.4) is 0 Å². The van der Waals surface area contributed by atoms with E-state index in [2.05, 4.69) is 0 Å². The van der Waals surface area contributed by atoms with E-state index >= 15 is 0 Å². The fourth-order valence-electron chi connectivity index (χ4n) is 4.03. The zero-order valence-corrected chi connectivity index (χ0v) is 15.1. The normalized spacial score (nSPS) is 17.1. The van der Waals surface area contributed by atoms with Gasteiger partial charge in [0, 0.05) is 13.1 Å². The summed E-state index contributed by atoms with van der Waals surface area (Å²) in [6, 6.07) is 10.1. The number of β-amino-alcohol motifs (C(OH)–C–C–N with tert-alkyl or cyclic N) is 1. The molecule has 0 fully saturated rings. The molecule has 140 valence electrons. The lowest BCUT2D eigenvalue weighted by Crippen LogP contribution is -2.44. The number of hydrogen-bond donors (Lipinski definition) is 1. The Bertz CT molecular complexity index is 893. The lowest BCUT2D eigenvalue weighted by molar-refractivity contribution is 0.0550. The number of nitrogens with zero attached hydrogens (tertiary/aromatic N) is 2. The fraction of sp³-hybridized carbons (Fsp3) is 0.333. The largest absolute Gasteiger partial charge is 0.389 e. The van der Waals surface area contributed by atoms with E-state index in [4.69, 9.17) is 0 Å². The van der Waals surface area contributed by atoms with Crippen LogP contribution in [-0.4, -0.2) is 47.6 Å². The summed E-state index contributed by atoms with van der Waals surface area (Å²) in [5, 5.41) is 10.5. The highest BCUT2D eigenvalue weighted by Gasteiger charge is 2.36. The number of benzene rings is 2. The summed E-state index contributed by atoms with van der Waals surface area (Å²) in [6.45, 7) is 2.55. The average molecular weight is 368 g/mol. The molecule has 0 aliphatic carbocycles. The monoisotopic (exact) mass is 368 g/mol. The first-order valence-electron chi connectivity index (χ1n) is 9.13. The van der Waals surface area contributed by atoms with E-state index in [1.807, 2.05) is 17.9 Å². The molecule has 2 aromatic carbocycles. The molecule has 4 rings (SSSR count). The molecule has 2 aliphatic rings. The first-order chi connectivity index (χ1) is 13.0. The van der Waals surface area contributed by atoms with Crippen molar-refractivity contribution in [3.63, 3.8) is 0 Å². The molecule has 0 radical (unpaired) electrons. The Labute approximate surface area is 157 Å². The summed E-state index contributed by atoms with van der Waals surface area (Å²) in [5.74, 6) is -1.08. The lowest BCUT2D eigenvalue weighted by atomic mass is 9.98. The summed E-state index contributed by atoms with van der Waals surface area (Å²) in [7, 11) is 0. The number of hydrogen-bond acceptors (Lipinski definition) is 4. The van der Waals surface area contributed by atoms with Crippen LogP contribution in [0, 0.1) is 12.7 Å². The van der Waals surface area contributed by atoms with Gasteiger partial charge in [0.2, 0.25) is 0 Å². The SMILES string of the molecule is Cc1cc(F)c2c(c1)CCCN2CC(O)CN1C(=O)c2ccccc2C1=O. The van der Waals surface area contributed by atoms with Crippen molar-refractivity contribution in [3.8, 4) is 0 Å². The highest BCUT2D eigenvalue weighted by atomic mass is 19.1. The molecular weight excluding hydrogens is 347 g/mol. The molecule has 0 aromatic heterocycles. The number of aliphatic hydroxyl groups excluding tert-OH is 1. The van der Waals surface area contributed by atoms with Crippen molar-refractivity contribution >= 4 is 17.5 Å². The molecule has 0 saturated carbocycles. The van der Waals surface area contributed by atoms with Crippen LogP contribution < -0.4 is 4.90 Å². The van der Waals surface area contributed by atoms with E-state index in [0.717, 1.165) is 28.9 Å². The fourth-order valence-corrected chi connectivity index (χ4v) is 4.03. The summed E-state index contributed by atoms with van der Waals surface area (Å²) >= 11 is 0. The molecule has 1 atom stereocenters. The minimum atomic E-state index is -0.959. The molecular formula is C21H21FN2O3. The van der Waals surface area contributed by atoms with E-state index in [1.54, 1.807) is 24.3 Å². The number of anilines is 1. The van der Waals surface area contributed by atoms with Crippen LogP contribution >= 0.6 is 0 Å². The molecule has 2 heterocycles. The molecule has 1 N–H and O–H groups in total. The van der Waals surface area contributed by atoms with Crippen LogP contribution in [0.15, 0.2) is 36.4 Å². The smallest absolute Gasteiger partial charge is 0.261 e. The Morgan fingerprint density at radius 3 is 2.44 bits per heavy atom. The quantitative estimate of drug-likeness (QED) is 0.843. The molecule has 2 aliphatic heterocycles. The van der Waals surface area contributed by atoms with E-state index in [0.29, 0.717) is 23.4 Å². The van der Waals surface area contributed by atoms with Crippen LogP contribution in [0.5, 0.6) is 0 Å². The maximum absolute atomic E-state index is 14.5. The standard InChI is InChI=1S/C21H21FN2O3/c1-13-9-14-5-4-8-23(19(14)18(22)10-13)11-15(25)12-24-20(26)16-6-2-3-7-17(16)21(24)27/h2-3,6-7,9-10,15,25H,4-5,8,11-12H2,1H3. The third-order valence-electron chi connectivity index (χ3n) is 5.18. The van der Waals surface area contributed by atoms with E-state index in [-0.39, 0.29) is 18.9 Å². The second kappa shape index (κ2) is 6.78. The summed E-state index contributed by atoms with van der Waals surface area (Å²) in [6.07, 6.45) is 0.716. The number of rotatable bonds is 4. The van der Waals surface area contributed by atoms with Crippen LogP contribution in [0.25, 0.3) is 0 Å². The van der Waals surface area contributed by atoms with Gasteiger partial charge in [-0.2, -0.15) is 0 Å². The molecule has 5 nitrogen and oxygen atoms in total. The van der Waals surface area contributed by atoms with Crippen molar-refractivity contribution in [1.82, 2.24) is 4.90 Å². The number of aliphatic hydroxyl groups is 1. The highest BCUT2D eigenvalue weighted by molar-refractivity contribution is 6.21. The Kier molecular flexibility index (Phi) is 4.44. The molecule has 27 heavy (non-hydrogen) atoms. The molecule has 1 unspecified atom stereocenters. The van der Waals surface area contributed by atoms with Gasteiger partial charge in [0.05, 0.1) is 29.5 Å². The van der Waals surface area contributed by atoms with Gasteiger partial charge < -0.3 is 10.0 Å². The number of halogens is 1. The topological polar surface area (TPSA) is 60.9 Å². The zero-order valence-electron chi connectivity index (χ0n) is 15.1.